The van der Waals surface area contributed by atoms with E-state index in [4.69, 9.17) is 4.74 Å². The van der Waals surface area contributed by atoms with Crippen molar-refractivity contribution in [2.45, 2.75) is 77.7 Å². The molecular formula is C26H36N2O2. The van der Waals surface area contributed by atoms with Crippen LogP contribution in [0.4, 0.5) is 4.79 Å². The molecule has 4 heteroatoms. The number of ether oxygens (including phenoxy) is 1. The van der Waals surface area contributed by atoms with E-state index in [2.05, 4.69) is 84.7 Å². The van der Waals surface area contributed by atoms with E-state index in [1.54, 1.807) is 0 Å². The van der Waals surface area contributed by atoms with Gasteiger partial charge in [-0.05, 0) is 64.5 Å². The SMILES string of the molecule is CC(C)(C)OC(=O)NC(C)(C)C1CC(N(Cc2ccccc2)Cc2ccccc2)C1. The maximum absolute atomic E-state index is 12.3. The van der Waals surface area contributed by atoms with Crippen molar-refractivity contribution in [1.29, 1.82) is 0 Å². The first-order chi connectivity index (χ1) is 14.1. The van der Waals surface area contributed by atoms with Gasteiger partial charge in [-0.2, -0.15) is 0 Å². The van der Waals surface area contributed by atoms with Crippen LogP contribution < -0.4 is 5.32 Å². The zero-order chi connectivity index (χ0) is 21.8. The lowest BCUT2D eigenvalue weighted by Crippen LogP contribution is -2.58. The van der Waals surface area contributed by atoms with Crippen molar-refractivity contribution < 1.29 is 9.53 Å². The molecule has 162 valence electrons. The van der Waals surface area contributed by atoms with Gasteiger partial charge < -0.3 is 10.1 Å². The van der Waals surface area contributed by atoms with Gasteiger partial charge in [0, 0.05) is 24.7 Å². The Morgan fingerprint density at radius 3 is 1.80 bits per heavy atom. The van der Waals surface area contributed by atoms with Crippen molar-refractivity contribution in [2.24, 2.45) is 5.92 Å². The molecule has 0 heterocycles. The van der Waals surface area contributed by atoms with E-state index in [0.717, 1.165) is 25.9 Å². The van der Waals surface area contributed by atoms with Crippen LogP contribution in [0, 0.1) is 5.92 Å². The molecule has 0 saturated heterocycles. The molecule has 1 saturated carbocycles. The summed E-state index contributed by atoms with van der Waals surface area (Å²) in [4.78, 5) is 14.8. The topological polar surface area (TPSA) is 41.6 Å². The summed E-state index contributed by atoms with van der Waals surface area (Å²) >= 11 is 0. The van der Waals surface area contributed by atoms with Crippen LogP contribution in [0.3, 0.4) is 0 Å². The highest BCUT2D eigenvalue weighted by Gasteiger charge is 2.43. The number of hydrogen-bond donors (Lipinski definition) is 1. The average molecular weight is 409 g/mol. The smallest absolute Gasteiger partial charge is 0.408 e. The normalized spacial score (nSPS) is 19.3. The minimum atomic E-state index is -0.482. The van der Waals surface area contributed by atoms with Crippen LogP contribution in [0.5, 0.6) is 0 Å². The lowest BCUT2D eigenvalue weighted by molar-refractivity contribution is 0.0102. The first kappa shape index (κ1) is 22.4. The van der Waals surface area contributed by atoms with Gasteiger partial charge in [-0.3, -0.25) is 4.90 Å². The molecule has 4 nitrogen and oxygen atoms in total. The molecule has 0 aromatic heterocycles. The van der Waals surface area contributed by atoms with E-state index in [1.165, 1.54) is 11.1 Å². The van der Waals surface area contributed by atoms with Crippen molar-refractivity contribution >= 4 is 6.09 Å². The molecule has 1 fully saturated rings. The summed E-state index contributed by atoms with van der Waals surface area (Å²) in [5.74, 6) is 0.434. The molecule has 0 bridgehead atoms. The van der Waals surface area contributed by atoms with E-state index in [1.807, 2.05) is 20.8 Å². The van der Waals surface area contributed by atoms with Crippen molar-refractivity contribution in [3.63, 3.8) is 0 Å². The fourth-order valence-electron chi connectivity index (χ4n) is 4.09. The summed E-state index contributed by atoms with van der Waals surface area (Å²) in [7, 11) is 0. The molecule has 2 aromatic rings. The Hall–Kier alpha value is -2.33. The van der Waals surface area contributed by atoms with Crippen LogP contribution in [0.25, 0.3) is 0 Å². The predicted molar refractivity (Wildman–Crippen MR) is 122 cm³/mol. The third kappa shape index (κ3) is 6.33. The number of nitrogens with one attached hydrogen (secondary N) is 1. The Labute approximate surface area is 181 Å². The minimum Gasteiger partial charge on any atom is -0.444 e. The highest BCUT2D eigenvalue weighted by Crippen LogP contribution is 2.40. The van der Waals surface area contributed by atoms with Crippen LogP contribution >= 0.6 is 0 Å². The molecule has 1 aliphatic rings. The number of hydrogen-bond acceptors (Lipinski definition) is 3. The number of nitrogens with zero attached hydrogens (tertiary/aromatic N) is 1. The van der Waals surface area contributed by atoms with Gasteiger partial charge >= 0.3 is 6.09 Å². The highest BCUT2D eigenvalue weighted by atomic mass is 16.6. The van der Waals surface area contributed by atoms with Crippen LogP contribution in [0.15, 0.2) is 60.7 Å². The van der Waals surface area contributed by atoms with Crippen LogP contribution in [0.1, 0.15) is 58.6 Å². The van der Waals surface area contributed by atoms with Crippen molar-refractivity contribution in [3.8, 4) is 0 Å². The molecule has 0 unspecified atom stereocenters. The third-order valence-electron chi connectivity index (χ3n) is 5.93. The van der Waals surface area contributed by atoms with Crippen molar-refractivity contribution in [2.75, 3.05) is 0 Å². The van der Waals surface area contributed by atoms with Gasteiger partial charge in [0.05, 0.1) is 0 Å². The molecule has 0 aliphatic heterocycles. The van der Waals surface area contributed by atoms with Crippen LogP contribution in [0.2, 0.25) is 0 Å². The van der Waals surface area contributed by atoms with Gasteiger partial charge in [0.2, 0.25) is 0 Å². The number of carbonyl (C=O) groups excluding carboxylic acids is 1. The van der Waals surface area contributed by atoms with E-state index in [-0.39, 0.29) is 11.6 Å². The van der Waals surface area contributed by atoms with Gasteiger partial charge in [0.15, 0.2) is 0 Å². The Morgan fingerprint density at radius 1 is 0.900 bits per heavy atom. The first-order valence-corrected chi connectivity index (χ1v) is 11.0. The number of benzene rings is 2. The van der Waals surface area contributed by atoms with Crippen molar-refractivity contribution in [1.82, 2.24) is 10.2 Å². The minimum absolute atomic E-state index is 0.288. The summed E-state index contributed by atoms with van der Waals surface area (Å²) in [6, 6.07) is 21.8. The fraction of sp³-hybridized carbons (Fsp3) is 0.500. The lowest BCUT2D eigenvalue weighted by atomic mass is 9.68. The molecule has 1 N–H and O–H groups in total. The third-order valence-corrected chi connectivity index (χ3v) is 5.93. The van der Waals surface area contributed by atoms with Gasteiger partial charge in [-0.1, -0.05) is 60.7 Å². The molecule has 0 radical (unpaired) electrons. The maximum Gasteiger partial charge on any atom is 0.408 e. The Bertz CT molecular complexity index is 764. The fourth-order valence-corrected chi connectivity index (χ4v) is 4.09. The molecule has 1 amide bonds. The Kier molecular flexibility index (Phi) is 6.87. The maximum atomic E-state index is 12.3. The van der Waals surface area contributed by atoms with Gasteiger partial charge in [-0.25, -0.2) is 4.79 Å². The summed E-state index contributed by atoms with van der Waals surface area (Å²) in [5.41, 5.74) is 1.90. The lowest BCUT2D eigenvalue weighted by Gasteiger charge is -2.49. The highest BCUT2D eigenvalue weighted by molar-refractivity contribution is 5.68. The molecular weight excluding hydrogens is 372 g/mol. The molecule has 2 aromatic carbocycles. The summed E-state index contributed by atoms with van der Waals surface area (Å²) in [5, 5.41) is 3.09. The summed E-state index contributed by atoms with van der Waals surface area (Å²) in [6.07, 6.45) is 1.81. The summed E-state index contributed by atoms with van der Waals surface area (Å²) in [6.45, 7) is 11.8. The molecule has 0 spiro atoms. The van der Waals surface area contributed by atoms with E-state index in [9.17, 15) is 4.79 Å². The zero-order valence-electron chi connectivity index (χ0n) is 19.0. The number of carbonyl (C=O) groups is 1. The van der Waals surface area contributed by atoms with Crippen LogP contribution in [-0.4, -0.2) is 28.2 Å². The predicted octanol–water partition coefficient (Wildman–Crippen LogP) is 5.77. The molecule has 30 heavy (non-hydrogen) atoms. The molecule has 0 atom stereocenters. The first-order valence-electron chi connectivity index (χ1n) is 11.0. The van der Waals surface area contributed by atoms with Gasteiger partial charge in [-0.15, -0.1) is 0 Å². The van der Waals surface area contributed by atoms with Gasteiger partial charge in [0.25, 0.3) is 0 Å². The number of alkyl carbamates (subject to hydrolysis) is 1. The zero-order valence-corrected chi connectivity index (χ0v) is 19.0. The van der Waals surface area contributed by atoms with Gasteiger partial charge in [0.1, 0.15) is 5.60 Å². The molecule has 3 rings (SSSR count). The number of amides is 1. The average Bonchev–Trinajstić information content (AvgIpc) is 2.59. The Morgan fingerprint density at radius 2 is 1.37 bits per heavy atom. The quantitative estimate of drug-likeness (QED) is 0.632. The second kappa shape index (κ2) is 9.22. The molecule has 1 aliphatic carbocycles. The van der Waals surface area contributed by atoms with E-state index in [0.29, 0.717) is 12.0 Å². The number of rotatable bonds is 7. The second-order valence-corrected chi connectivity index (χ2v) is 10.0. The summed E-state index contributed by atoms with van der Waals surface area (Å²) < 4.78 is 5.46. The second-order valence-electron chi connectivity index (χ2n) is 10.0. The van der Waals surface area contributed by atoms with Crippen molar-refractivity contribution in [3.05, 3.63) is 71.8 Å². The monoisotopic (exact) mass is 408 g/mol. The van der Waals surface area contributed by atoms with Crippen LogP contribution in [-0.2, 0) is 17.8 Å². The largest absolute Gasteiger partial charge is 0.444 e. The standard InChI is InChI=1S/C26H36N2O2/c1-25(2,3)30-24(29)27-26(4,5)22-16-23(17-22)28(18-20-12-8-6-9-13-20)19-21-14-10-7-11-15-21/h6-15,22-23H,16-19H2,1-5H3,(H,27,29). The Balaban J connectivity index is 1.62. The van der Waals surface area contributed by atoms with E-state index < -0.39 is 5.60 Å². The van der Waals surface area contributed by atoms with E-state index >= 15 is 0 Å².